The summed E-state index contributed by atoms with van der Waals surface area (Å²) in [6.07, 6.45) is 5.78. The van der Waals surface area contributed by atoms with E-state index >= 15 is 0 Å². The zero-order valence-electron chi connectivity index (χ0n) is 18.7. The molecule has 0 unspecified atom stereocenters. The third-order valence-corrected chi connectivity index (χ3v) is 5.41. The molecule has 0 bridgehead atoms. The second-order valence-electron chi connectivity index (χ2n) is 7.93. The first-order chi connectivity index (χ1) is 16.0. The van der Waals surface area contributed by atoms with Gasteiger partial charge in [0.15, 0.2) is 5.82 Å². The smallest absolute Gasteiger partial charge is 0.264 e. The highest BCUT2D eigenvalue weighted by molar-refractivity contribution is 5.79. The Kier molecular flexibility index (Phi) is 6.81. The number of rotatable bonds is 10. The highest BCUT2D eigenvalue weighted by atomic mass is 19.3. The van der Waals surface area contributed by atoms with E-state index in [0.29, 0.717) is 31.0 Å². The third-order valence-electron chi connectivity index (χ3n) is 5.41. The summed E-state index contributed by atoms with van der Waals surface area (Å²) >= 11 is 0. The van der Waals surface area contributed by atoms with E-state index in [1.165, 1.54) is 0 Å². The van der Waals surface area contributed by atoms with Gasteiger partial charge in [-0.05, 0) is 40.5 Å². The second kappa shape index (κ2) is 9.93. The van der Waals surface area contributed by atoms with Gasteiger partial charge < -0.3 is 0 Å². The van der Waals surface area contributed by atoms with E-state index in [-0.39, 0.29) is 12.2 Å². The van der Waals surface area contributed by atoms with Crippen LogP contribution in [0.4, 0.5) is 8.78 Å². The Morgan fingerprint density at radius 2 is 1.85 bits per heavy atom. The van der Waals surface area contributed by atoms with Crippen LogP contribution in [0.5, 0.6) is 0 Å². The van der Waals surface area contributed by atoms with Gasteiger partial charge >= 0.3 is 5.92 Å². The molecule has 0 fully saturated rings. The maximum absolute atomic E-state index is 14.4. The van der Waals surface area contributed by atoms with Crippen molar-refractivity contribution in [2.45, 2.75) is 58.4 Å². The number of H-pyrrole nitrogens is 1. The molecule has 4 rings (SSSR count). The number of hydrogen-bond donors (Lipinski definition) is 1. The van der Waals surface area contributed by atoms with Gasteiger partial charge in [0.05, 0.1) is 0 Å². The van der Waals surface area contributed by atoms with Crippen molar-refractivity contribution in [2.24, 2.45) is 0 Å². The number of halogens is 2. The molecule has 1 aromatic carbocycles. The second-order valence-corrected chi connectivity index (χ2v) is 7.93. The number of nitrogens with one attached hydrogen (secondary N) is 1. The van der Waals surface area contributed by atoms with Gasteiger partial charge in [0.25, 0.3) is 0 Å². The number of aromatic amines is 1. The van der Waals surface area contributed by atoms with Gasteiger partial charge in [-0.2, -0.15) is 8.78 Å². The van der Waals surface area contributed by atoms with E-state index in [9.17, 15) is 8.78 Å². The zero-order valence-corrected chi connectivity index (χ0v) is 18.7. The number of unbranched alkanes of at least 4 members (excludes halogenated alkanes) is 1. The number of pyridine rings is 1. The lowest BCUT2D eigenvalue weighted by Crippen LogP contribution is -2.15. The van der Waals surface area contributed by atoms with Gasteiger partial charge in [-0.15, -0.1) is 10.2 Å². The van der Waals surface area contributed by atoms with E-state index in [2.05, 4.69) is 42.6 Å². The van der Waals surface area contributed by atoms with Crippen LogP contribution in [0.3, 0.4) is 0 Å². The van der Waals surface area contributed by atoms with Crippen LogP contribution in [-0.4, -0.2) is 40.4 Å². The summed E-state index contributed by atoms with van der Waals surface area (Å²) in [6, 6.07) is 9.72. The fourth-order valence-corrected chi connectivity index (χ4v) is 3.66. The Morgan fingerprint density at radius 3 is 2.55 bits per heavy atom. The van der Waals surface area contributed by atoms with E-state index in [1.54, 1.807) is 24.0 Å². The monoisotopic (exact) mass is 452 g/mol. The van der Waals surface area contributed by atoms with Crippen molar-refractivity contribution in [3.63, 3.8) is 0 Å². The SMILES string of the molecule is CCCCn1nc(C(F)(F)CCC)nc1Cc1ccc(-c2cnccc2-c2nnn[nH]2)cc1. The molecule has 3 aromatic heterocycles. The molecule has 0 aliphatic carbocycles. The molecule has 0 saturated carbocycles. The molecule has 33 heavy (non-hydrogen) atoms. The van der Waals surface area contributed by atoms with Crippen LogP contribution in [0.1, 0.15) is 56.7 Å². The molecule has 0 aliphatic rings. The zero-order chi connectivity index (χ0) is 23.3. The summed E-state index contributed by atoms with van der Waals surface area (Å²) < 4.78 is 30.5. The topological polar surface area (TPSA) is 98.1 Å². The number of aryl methyl sites for hydroxylation is 1. The average Bonchev–Trinajstić information content (AvgIpc) is 3.49. The van der Waals surface area contributed by atoms with E-state index < -0.39 is 5.92 Å². The Bertz CT molecular complexity index is 1170. The average molecular weight is 453 g/mol. The molecule has 0 aliphatic heterocycles. The minimum absolute atomic E-state index is 0.257. The van der Waals surface area contributed by atoms with Gasteiger partial charge in [0.1, 0.15) is 5.82 Å². The largest absolute Gasteiger partial charge is 0.308 e. The predicted molar refractivity (Wildman–Crippen MR) is 119 cm³/mol. The third kappa shape index (κ3) is 5.10. The predicted octanol–water partition coefficient (Wildman–Crippen LogP) is 4.80. The summed E-state index contributed by atoms with van der Waals surface area (Å²) in [5, 5.41) is 18.2. The van der Waals surface area contributed by atoms with E-state index in [0.717, 1.165) is 35.1 Å². The maximum atomic E-state index is 14.4. The van der Waals surface area contributed by atoms with Crippen LogP contribution in [0, 0.1) is 0 Å². The van der Waals surface area contributed by atoms with E-state index in [1.807, 2.05) is 30.3 Å². The Labute approximate surface area is 190 Å². The summed E-state index contributed by atoms with van der Waals surface area (Å²) in [6.45, 7) is 4.36. The molecule has 3 heterocycles. The minimum atomic E-state index is -3.02. The van der Waals surface area contributed by atoms with Crippen molar-refractivity contribution < 1.29 is 8.78 Å². The number of hydrogen-bond acceptors (Lipinski definition) is 6. The molecular weight excluding hydrogens is 426 g/mol. The van der Waals surface area contributed by atoms with Crippen LogP contribution in [0.2, 0.25) is 0 Å². The van der Waals surface area contributed by atoms with Crippen LogP contribution < -0.4 is 0 Å². The number of aromatic nitrogens is 8. The van der Waals surface area contributed by atoms with Gasteiger partial charge in [-0.25, -0.2) is 14.8 Å². The van der Waals surface area contributed by atoms with Crippen molar-refractivity contribution >= 4 is 0 Å². The van der Waals surface area contributed by atoms with Gasteiger partial charge in [-0.1, -0.05) is 44.5 Å². The van der Waals surface area contributed by atoms with Crippen molar-refractivity contribution in [3.8, 4) is 22.5 Å². The van der Waals surface area contributed by atoms with Crippen LogP contribution >= 0.6 is 0 Å². The molecule has 0 radical (unpaired) electrons. The Morgan fingerprint density at radius 1 is 1.03 bits per heavy atom. The van der Waals surface area contributed by atoms with Gasteiger partial charge in [0.2, 0.25) is 5.82 Å². The Balaban J connectivity index is 1.59. The molecule has 0 spiro atoms. The summed E-state index contributed by atoms with van der Waals surface area (Å²) in [5.74, 6) is -2.29. The molecule has 10 heteroatoms. The molecule has 0 saturated heterocycles. The first kappa shape index (κ1) is 22.6. The quantitative estimate of drug-likeness (QED) is 0.371. The van der Waals surface area contributed by atoms with Crippen molar-refractivity contribution in [1.82, 2.24) is 40.4 Å². The minimum Gasteiger partial charge on any atom is -0.264 e. The molecule has 0 amide bonds. The summed E-state index contributed by atoms with van der Waals surface area (Å²) in [7, 11) is 0. The van der Waals surface area contributed by atoms with Crippen LogP contribution in [0.15, 0.2) is 42.7 Å². The van der Waals surface area contributed by atoms with Crippen molar-refractivity contribution in [2.75, 3.05) is 0 Å². The number of benzene rings is 1. The normalized spacial score (nSPS) is 11.8. The van der Waals surface area contributed by atoms with Gasteiger partial charge in [-0.3, -0.25) is 4.98 Å². The summed E-state index contributed by atoms with van der Waals surface area (Å²) in [5.41, 5.74) is 3.63. The van der Waals surface area contributed by atoms with Crippen LogP contribution in [0.25, 0.3) is 22.5 Å². The first-order valence-corrected chi connectivity index (χ1v) is 11.1. The van der Waals surface area contributed by atoms with E-state index in [4.69, 9.17) is 0 Å². The fourth-order valence-electron chi connectivity index (χ4n) is 3.66. The fraction of sp³-hybridized carbons (Fsp3) is 0.391. The molecule has 0 atom stereocenters. The lowest BCUT2D eigenvalue weighted by atomic mass is 9.99. The number of tetrazole rings is 1. The lowest BCUT2D eigenvalue weighted by molar-refractivity contribution is -0.0232. The van der Waals surface area contributed by atoms with Gasteiger partial charge in [0, 0.05) is 42.9 Å². The highest BCUT2D eigenvalue weighted by Crippen LogP contribution is 2.32. The van der Waals surface area contributed by atoms with Crippen molar-refractivity contribution in [3.05, 3.63) is 59.9 Å². The molecule has 4 aromatic rings. The standard InChI is InChI=1S/C23H26F2N8/c1-3-5-13-33-20(27-22(30-33)23(24,25)11-4-2)14-16-6-8-17(9-7-16)19-15-26-12-10-18(19)21-28-31-32-29-21/h6-10,12,15H,3-5,11,13-14H2,1-2H3,(H,28,29,31,32). The molecule has 1 N–H and O–H groups in total. The first-order valence-electron chi connectivity index (χ1n) is 11.1. The molecule has 8 nitrogen and oxygen atoms in total. The van der Waals surface area contributed by atoms with Crippen LogP contribution in [-0.2, 0) is 18.9 Å². The lowest BCUT2D eigenvalue weighted by Gasteiger charge is -2.10. The Hall–Kier alpha value is -3.56. The summed E-state index contributed by atoms with van der Waals surface area (Å²) in [4.78, 5) is 8.47. The highest BCUT2D eigenvalue weighted by Gasteiger charge is 2.36. The van der Waals surface area contributed by atoms with Crippen molar-refractivity contribution in [1.29, 1.82) is 0 Å². The maximum Gasteiger partial charge on any atom is 0.308 e. The molecule has 172 valence electrons. The number of alkyl halides is 2. The molecular formula is C23H26F2N8. The number of nitrogens with zero attached hydrogens (tertiary/aromatic N) is 7.